The second-order valence-corrected chi connectivity index (χ2v) is 5.13. The highest BCUT2D eigenvalue weighted by Gasteiger charge is 2.33. The number of hydrogen-bond donors (Lipinski definition) is 1. The van der Waals surface area contributed by atoms with Gasteiger partial charge < -0.3 is 10.1 Å². The maximum atomic E-state index is 13.8. The summed E-state index contributed by atoms with van der Waals surface area (Å²) in [6.07, 6.45) is 1.21. The summed E-state index contributed by atoms with van der Waals surface area (Å²) in [4.78, 5) is 0. The van der Waals surface area contributed by atoms with Crippen LogP contribution in [0.1, 0.15) is 39.7 Å². The van der Waals surface area contributed by atoms with Crippen molar-refractivity contribution < 1.29 is 13.5 Å². The summed E-state index contributed by atoms with van der Waals surface area (Å²) >= 11 is 0. The van der Waals surface area contributed by atoms with Gasteiger partial charge in [-0.25, -0.2) is 8.78 Å². The van der Waals surface area contributed by atoms with E-state index in [0.29, 0.717) is 18.6 Å². The maximum absolute atomic E-state index is 13.8. The van der Waals surface area contributed by atoms with Gasteiger partial charge in [0.2, 0.25) is 0 Å². The van der Waals surface area contributed by atoms with Crippen LogP contribution in [0.4, 0.5) is 8.78 Å². The van der Waals surface area contributed by atoms with E-state index in [2.05, 4.69) is 5.32 Å². The summed E-state index contributed by atoms with van der Waals surface area (Å²) in [7, 11) is 0. The van der Waals surface area contributed by atoms with Gasteiger partial charge in [-0.05, 0) is 44.9 Å². The van der Waals surface area contributed by atoms with E-state index in [1.807, 2.05) is 27.7 Å². The Hall–Kier alpha value is -1.00. The Morgan fingerprint density at radius 2 is 1.95 bits per heavy atom. The Morgan fingerprint density at radius 1 is 1.25 bits per heavy atom. The van der Waals surface area contributed by atoms with E-state index in [-0.39, 0.29) is 6.04 Å². The van der Waals surface area contributed by atoms with Crippen LogP contribution in [0.25, 0.3) is 0 Å². The van der Waals surface area contributed by atoms with E-state index in [4.69, 9.17) is 4.74 Å². The van der Waals surface area contributed by atoms with Crippen molar-refractivity contribution in [3.05, 3.63) is 35.4 Å². The van der Waals surface area contributed by atoms with E-state index in [0.717, 1.165) is 19.0 Å². The fourth-order valence-electron chi connectivity index (χ4n) is 2.46. The minimum Gasteiger partial charge on any atom is -0.374 e. The lowest BCUT2D eigenvalue weighted by molar-refractivity contribution is -0.0548. The first kappa shape index (κ1) is 17.1. The van der Waals surface area contributed by atoms with E-state index in [1.54, 1.807) is 12.1 Å². The summed E-state index contributed by atoms with van der Waals surface area (Å²) in [6.45, 7) is 9.35. The molecule has 0 bridgehead atoms. The van der Waals surface area contributed by atoms with Gasteiger partial charge in [0.15, 0.2) is 11.6 Å². The molecule has 0 radical (unpaired) electrons. The topological polar surface area (TPSA) is 21.3 Å². The van der Waals surface area contributed by atoms with Gasteiger partial charge in [0.05, 0.1) is 5.60 Å². The van der Waals surface area contributed by atoms with E-state index < -0.39 is 17.2 Å². The molecular formula is C16H25F2NO. The highest BCUT2D eigenvalue weighted by atomic mass is 19.2. The molecule has 2 unspecified atom stereocenters. The minimum atomic E-state index is -0.799. The summed E-state index contributed by atoms with van der Waals surface area (Å²) < 4.78 is 33.0. The van der Waals surface area contributed by atoms with E-state index >= 15 is 0 Å². The van der Waals surface area contributed by atoms with Crippen molar-refractivity contribution in [1.29, 1.82) is 0 Å². The van der Waals surface area contributed by atoms with Crippen LogP contribution in [-0.2, 0) is 11.2 Å². The van der Waals surface area contributed by atoms with Crippen molar-refractivity contribution in [1.82, 2.24) is 5.32 Å². The molecule has 0 aliphatic heterocycles. The first-order valence-electron chi connectivity index (χ1n) is 7.28. The third-order valence-electron chi connectivity index (χ3n) is 3.82. The molecular weight excluding hydrogens is 260 g/mol. The number of halogens is 2. The van der Waals surface area contributed by atoms with Gasteiger partial charge in [-0.2, -0.15) is 0 Å². The number of ether oxygens (including phenoxy) is 1. The standard InChI is InChI=1S/C16H25F2NO/c1-5-16(4,20-7-3)14(19-6-2)11-12-9-8-10-13(17)15(12)18/h8-10,14,19H,5-7,11H2,1-4H3. The number of rotatable bonds is 8. The van der Waals surface area contributed by atoms with Gasteiger partial charge in [-0.3, -0.25) is 0 Å². The Labute approximate surface area is 120 Å². The first-order valence-corrected chi connectivity index (χ1v) is 7.28. The molecule has 0 aliphatic carbocycles. The van der Waals surface area contributed by atoms with Crippen LogP contribution < -0.4 is 5.32 Å². The molecule has 0 saturated carbocycles. The molecule has 114 valence electrons. The monoisotopic (exact) mass is 285 g/mol. The lowest BCUT2D eigenvalue weighted by Gasteiger charge is -2.37. The molecule has 0 aliphatic rings. The normalized spacial score (nSPS) is 15.9. The number of nitrogens with one attached hydrogen (secondary N) is 1. The average Bonchev–Trinajstić information content (AvgIpc) is 2.43. The van der Waals surface area contributed by atoms with Crippen molar-refractivity contribution in [2.24, 2.45) is 0 Å². The molecule has 2 nitrogen and oxygen atoms in total. The Bertz CT molecular complexity index is 425. The highest BCUT2D eigenvalue weighted by molar-refractivity contribution is 5.21. The van der Waals surface area contributed by atoms with Gasteiger partial charge in [0, 0.05) is 12.6 Å². The van der Waals surface area contributed by atoms with E-state index in [1.165, 1.54) is 0 Å². The molecule has 1 aromatic rings. The Kier molecular flexibility index (Phi) is 6.56. The molecule has 0 aromatic heterocycles. The third kappa shape index (κ3) is 4.00. The lowest BCUT2D eigenvalue weighted by Crippen LogP contribution is -2.51. The molecule has 4 heteroatoms. The number of benzene rings is 1. The van der Waals surface area contributed by atoms with Gasteiger partial charge in [-0.15, -0.1) is 0 Å². The molecule has 0 amide bonds. The zero-order valence-electron chi connectivity index (χ0n) is 12.8. The molecule has 1 rings (SSSR count). The second-order valence-electron chi connectivity index (χ2n) is 5.13. The molecule has 20 heavy (non-hydrogen) atoms. The van der Waals surface area contributed by atoms with Gasteiger partial charge in [0.1, 0.15) is 0 Å². The van der Waals surface area contributed by atoms with Crippen molar-refractivity contribution in [3.63, 3.8) is 0 Å². The molecule has 0 fully saturated rings. The molecule has 1 aromatic carbocycles. The Balaban J connectivity index is 2.99. The zero-order chi connectivity index (χ0) is 15.2. The van der Waals surface area contributed by atoms with Crippen molar-refractivity contribution in [2.75, 3.05) is 13.2 Å². The molecule has 0 saturated heterocycles. The average molecular weight is 285 g/mol. The van der Waals surface area contributed by atoms with Gasteiger partial charge in [-0.1, -0.05) is 26.0 Å². The van der Waals surface area contributed by atoms with Gasteiger partial charge >= 0.3 is 0 Å². The first-order chi connectivity index (χ1) is 9.48. The summed E-state index contributed by atoms with van der Waals surface area (Å²) in [5.41, 5.74) is -0.0147. The highest BCUT2D eigenvalue weighted by Crippen LogP contribution is 2.24. The number of likely N-dealkylation sites (N-methyl/N-ethyl adjacent to an activating group) is 1. The van der Waals surface area contributed by atoms with Crippen LogP contribution in [0.5, 0.6) is 0 Å². The van der Waals surface area contributed by atoms with Gasteiger partial charge in [0.25, 0.3) is 0 Å². The second kappa shape index (κ2) is 7.70. The van der Waals surface area contributed by atoms with Crippen molar-refractivity contribution in [3.8, 4) is 0 Å². The molecule has 1 N–H and O–H groups in total. The lowest BCUT2D eigenvalue weighted by atomic mass is 9.88. The van der Waals surface area contributed by atoms with Crippen LogP contribution >= 0.6 is 0 Å². The molecule has 0 spiro atoms. The minimum absolute atomic E-state index is 0.0613. The van der Waals surface area contributed by atoms with E-state index in [9.17, 15) is 8.78 Å². The summed E-state index contributed by atoms with van der Waals surface area (Å²) in [5, 5.41) is 3.34. The smallest absolute Gasteiger partial charge is 0.162 e. The molecule has 0 heterocycles. The predicted octanol–water partition coefficient (Wildman–Crippen LogP) is 3.69. The van der Waals surface area contributed by atoms with Crippen molar-refractivity contribution in [2.45, 2.75) is 52.2 Å². The summed E-state index contributed by atoms with van der Waals surface area (Å²) in [5.74, 6) is -1.56. The largest absolute Gasteiger partial charge is 0.374 e. The van der Waals surface area contributed by atoms with Crippen LogP contribution in [0, 0.1) is 11.6 Å². The predicted molar refractivity (Wildman–Crippen MR) is 77.8 cm³/mol. The van der Waals surface area contributed by atoms with Crippen molar-refractivity contribution >= 4 is 0 Å². The fourth-order valence-corrected chi connectivity index (χ4v) is 2.46. The SMILES string of the molecule is CCNC(Cc1cccc(F)c1F)C(C)(CC)OCC. The zero-order valence-corrected chi connectivity index (χ0v) is 12.8. The van der Waals surface area contributed by atoms with Crippen LogP contribution in [0.2, 0.25) is 0 Å². The summed E-state index contributed by atoms with van der Waals surface area (Å²) in [6, 6.07) is 4.25. The Morgan fingerprint density at radius 3 is 2.50 bits per heavy atom. The molecule has 2 atom stereocenters. The maximum Gasteiger partial charge on any atom is 0.162 e. The fraction of sp³-hybridized carbons (Fsp3) is 0.625. The van der Waals surface area contributed by atoms with Crippen LogP contribution in [0.3, 0.4) is 0 Å². The number of hydrogen-bond acceptors (Lipinski definition) is 2. The van der Waals surface area contributed by atoms with Crippen LogP contribution in [0.15, 0.2) is 18.2 Å². The third-order valence-corrected chi connectivity index (χ3v) is 3.82. The van der Waals surface area contributed by atoms with Crippen LogP contribution in [-0.4, -0.2) is 24.8 Å². The quantitative estimate of drug-likeness (QED) is 0.786.